The third-order valence-corrected chi connectivity index (χ3v) is 4.51. The van der Waals surface area contributed by atoms with E-state index in [0.29, 0.717) is 39.4 Å². The monoisotopic (exact) mass is 320 g/mol. The zero-order valence-corrected chi connectivity index (χ0v) is 13.4. The van der Waals surface area contributed by atoms with Gasteiger partial charge in [-0.1, -0.05) is 6.07 Å². The Balaban J connectivity index is 1.53. The topological polar surface area (TPSA) is 61.5 Å². The number of hydrogen-bond donors (Lipinski definition) is 1. The van der Waals surface area contributed by atoms with E-state index in [1.165, 1.54) is 0 Å². The van der Waals surface area contributed by atoms with Crippen LogP contribution < -0.4 is 0 Å². The van der Waals surface area contributed by atoms with Gasteiger partial charge in [0.25, 0.3) is 0 Å². The number of hydrogen-bond acceptors (Lipinski definition) is 5. The predicted molar refractivity (Wildman–Crippen MR) is 85.6 cm³/mol. The van der Waals surface area contributed by atoms with Gasteiger partial charge in [-0.3, -0.25) is 14.8 Å². The van der Waals surface area contributed by atoms with Gasteiger partial charge in [0.05, 0.1) is 24.6 Å². The highest BCUT2D eigenvalue weighted by atomic mass is 32.1. The van der Waals surface area contributed by atoms with Crippen molar-refractivity contribution < 1.29 is 9.53 Å². The molecule has 0 unspecified atom stereocenters. The van der Waals surface area contributed by atoms with Crippen LogP contribution in [0, 0.1) is 0 Å². The van der Waals surface area contributed by atoms with Crippen LogP contribution in [0.15, 0.2) is 23.6 Å². The summed E-state index contributed by atoms with van der Waals surface area (Å²) in [5.74, 6) is 0.156. The first-order chi connectivity index (χ1) is 10.7. The molecular formula is C15H20N4O2S. The number of nitrogens with one attached hydrogen (secondary N) is 1. The van der Waals surface area contributed by atoms with E-state index in [1.807, 2.05) is 34.4 Å². The summed E-state index contributed by atoms with van der Waals surface area (Å²) in [6.45, 7) is 3.75. The summed E-state index contributed by atoms with van der Waals surface area (Å²) < 4.78 is 5.27. The van der Waals surface area contributed by atoms with Crippen molar-refractivity contribution in [2.75, 3.05) is 39.9 Å². The lowest BCUT2D eigenvalue weighted by Gasteiger charge is -2.28. The molecular weight excluding hydrogens is 300 g/mol. The highest BCUT2D eigenvalue weighted by Crippen LogP contribution is 2.23. The number of aromatic amines is 1. The Hall–Kier alpha value is -1.70. The molecule has 0 aromatic carbocycles. The average molecular weight is 320 g/mol. The molecule has 0 radical (unpaired) electrons. The average Bonchev–Trinajstić information content (AvgIpc) is 3.19. The number of nitrogens with zero attached hydrogens (tertiary/aromatic N) is 3. The van der Waals surface area contributed by atoms with Gasteiger partial charge in [-0.25, -0.2) is 0 Å². The molecule has 1 fully saturated rings. The van der Waals surface area contributed by atoms with Crippen LogP contribution in [0.5, 0.6) is 0 Å². The minimum absolute atomic E-state index is 0.156. The molecule has 1 aliphatic rings. The fraction of sp³-hybridized carbons (Fsp3) is 0.467. The fourth-order valence-electron chi connectivity index (χ4n) is 2.48. The predicted octanol–water partition coefficient (Wildman–Crippen LogP) is 1.43. The third kappa shape index (κ3) is 3.73. The number of aromatic nitrogens is 2. The molecule has 3 heterocycles. The molecule has 2 aromatic heterocycles. The van der Waals surface area contributed by atoms with E-state index >= 15 is 0 Å². The zero-order valence-electron chi connectivity index (χ0n) is 12.6. The van der Waals surface area contributed by atoms with Crippen LogP contribution >= 0.6 is 11.3 Å². The van der Waals surface area contributed by atoms with Gasteiger partial charge in [0, 0.05) is 25.3 Å². The summed E-state index contributed by atoms with van der Waals surface area (Å²) in [5.41, 5.74) is 1.97. The van der Waals surface area contributed by atoms with E-state index in [1.54, 1.807) is 11.3 Å². The first-order valence-corrected chi connectivity index (χ1v) is 8.22. The molecule has 1 saturated heterocycles. The van der Waals surface area contributed by atoms with Crippen molar-refractivity contribution in [3.8, 4) is 10.6 Å². The Kier molecular flexibility index (Phi) is 4.87. The lowest BCUT2D eigenvalue weighted by Crippen LogP contribution is -2.44. The van der Waals surface area contributed by atoms with Crippen LogP contribution in [0.3, 0.4) is 0 Å². The van der Waals surface area contributed by atoms with E-state index in [0.717, 1.165) is 16.3 Å². The van der Waals surface area contributed by atoms with E-state index in [-0.39, 0.29) is 5.91 Å². The number of carbonyl (C=O) groups is 1. The maximum absolute atomic E-state index is 12.2. The van der Waals surface area contributed by atoms with Gasteiger partial charge in [-0.05, 0) is 24.6 Å². The molecule has 2 aromatic rings. The van der Waals surface area contributed by atoms with Crippen molar-refractivity contribution in [3.05, 3.63) is 29.3 Å². The molecule has 22 heavy (non-hydrogen) atoms. The van der Waals surface area contributed by atoms with Crippen LogP contribution in [-0.4, -0.2) is 65.8 Å². The lowest BCUT2D eigenvalue weighted by molar-refractivity contribution is -0.136. The first-order valence-electron chi connectivity index (χ1n) is 7.34. The van der Waals surface area contributed by atoms with Crippen molar-refractivity contribution >= 4 is 17.2 Å². The van der Waals surface area contributed by atoms with Crippen molar-refractivity contribution in [1.82, 2.24) is 20.0 Å². The van der Waals surface area contributed by atoms with Crippen LogP contribution in [0.4, 0.5) is 0 Å². The van der Waals surface area contributed by atoms with Crippen molar-refractivity contribution in [3.63, 3.8) is 0 Å². The smallest absolute Gasteiger partial charge is 0.236 e. The number of rotatable bonds is 5. The molecule has 3 rings (SSSR count). The number of thiophene rings is 1. The number of likely N-dealkylation sites (N-methyl/N-ethyl adjacent to an activating group) is 1. The summed E-state index contributed by atoms with van der Waals surface area (Å²) in [6.07, 6.45) is 0. The number of ether oxygens (including phenoxy) is 1. The molecule has 1 amide bonds. The van der Waals surface area contributed by atoms with E-state index in [2.05, 4.69) is 16.3 Å². The molecule has 118 valence electrons. The summed E-state index contributed by atoms with van der Waals surface area (Å²) in [5, 5.41) is 9.41. The summed E-state index contributed by atoms with van der Waals surface area (Å²) in [7, 11) is 1.95. The lowest BCUT2D eigenvalue weighted by atomic mass is 10.3. The maximum Gasteiger partial charge on any atom is 0.236 e. The number of carbonyl (C=O) groups excluding carboxylic acids is 1. The van der Waals surface area contributed by atoms with Crippen molar-refractivity contribution in [2.24, 2.45) is 0 Å². The van der Waals surface area contributed by atoms with Gasteiger partial charge in [-0.15, -0.1) is 11.3 Å². The molecule has 1 aliphatic heterocycles. The highest BCUT2D eigenvalue weighted by molar-refractivity contribution is 7.13. The summed E-state index contributed by atoms with van der Waals surface area (Å²) in [6, 6.07) is 6.11. The molecule has 0 bridgehead atoms. The van der Waals surface area contributed by atoms with Crippen LogP contribution in [-0.2, 0) is 16.1 Å². The SMILES string of the molecule is CN(CC(=O)N1CCOCC1)Cc1cc(-c2cccs2)n[nH]1. The number of H-pyrrole nitrogens is 1. The molecule has 0 aliphatic carbocycles. The minimum atomic E-state index is 0.156. The molecule has 6 nitrogen and oxygen atoms in total. The van der Waals surface area contributed by atoms with E-state index < -0.39 is 0 Å². The Morgan fingerprint density at radius 2 is 2.32 bits per heavy atom. The van der Waals surface area contributed by atoms with Crippen molar-refractivity contribution in [2.45, 2.75) is 6.54 Å². The summed E-state index contributed by atoms with van der Waals surface area (Å²) >= 11 is 1.67. The number of amides is 1. The van der Waals surface area contributed by atoms with E-state index in [4.69, 9.17) is 4.74 Å². The quantitative estimate of drug-likeness (QED) is 0.905. The van der Waals surface area contributed by atoms with Crippen LogP contribution in [0.1, 0.15) is 5.69 Å². The second kappa shape index (κ2) is 7.04. The maximum atomic E-state index is 12.2. The van der Waals surface area contributed by atoms with Gasteiger partial charge in [-0.2, -0.15) is 5.10 Å². The highest BCUT2D eigenvalue weighted by Gasteiger charge is 2.18. The normalized spacial score (nSPS) is 15.5. The van der Waals surface area contributed by atoms with Crippen LogP contribution in [0.2, 0.25) is 0 Å². The zero-order chi connectivity index (χ0) is 15.4. The second-order valence-corrected chi connectivity index (χ2v) is 6.37. The molecule has 0 atom stereocenters. The van der Waals surface area contributed by atoms with Gasteiger partial charge in [0.15, 0.2) is 0 Å². The van der Waals surface area contributed by atoms with Crippen molar-refractivity contribution in [1.29, 1.82) is 0 Å². The van der Waals surface area contributed by atoms with Gasteiger partial charge in [0.1, 0.15) is 5.69 Å². The second-order valence-electron chi connectivity index (χ2n) is 5.42. The molecule has 7 heteroatoms. The van der Waals surface area contributed by atoms with E-state index in [9.17, 15) is 4.79 Å². The van der Waals surface area contributed by atoms with Gasteiger partial charge in [0.2, 0.25) is 5.91 Å². The largest absolute Gasteiger partial charge is 0.378 e. The Bertz CT molecular complexity index is 605. The van der Waals surface area contributed by atoms with Gasteiger partial charge < -0.3 is 9.64 Å². The minimum Gasteiger partial charge on any atom is -0.378 e. The molecule has 1 N–H and O–H groups in total. The van der Waals surface area contributed by atoms with Gasteiger partial charge >= 0.3 is 0 Å². The Morgan fingerprint density at radius 1 is 1.50 bits per heavy atom. The Morgan fingerprint density at radius 3 is 3.05 bits per heavy atom. The summed E-state index contributed by atoms with van der Waals surface area (Å²) in [4.78, 5) is 17.2. The standard InChI is InChI=1S/C15H20N4O2S/c1-18(11-15(20)19-4-6-21-7-5-19)10-12-9-13(17-16-12)14-3-2-8-22-14/h2-3,8-9H,4-7,10-11H2,1H3,(H,16,17). The van der Waals surface area contributed by atoms with Crippen LogP contribution in [0.25, 0.3) is 10.6 Å². The first kappa shape index (κ1) is 15.2. The number of morpholine rings is 1. The molecule has 0 spiro atoms. The fourth-order valence-corrected chi connectivity index (χ4v) is 3.17. The Labute approximate surface area is 133 Å². The molecule has 0 saturated carbocycles. The third-order valence-electron chi connectivity index (χ3n) is 3.61.